The molecule has 396 valence electrons. The molecule has 7 N–H and O–H groups in total. The average molecular weight is 1030 g/mol. The normalized spacial score (nSPS) is 13.3. The van der Waals surface area contributed by atoms with Gasteiger partial charge in [-0.1, -0.05) is 30.3 Å². The van der Waals surface area contributed by atoms with E-state index in [1.165, 1.54) is 12.1 Å². The van der Waals surface area contributed by atoms with E-state index in [0.717, 1.165) is 55.5 Å². The summed E-state index contributed by atoms with van der Waals surface area (Å²) in [7, 11) is -3.23. The number of esters is 2. The lowest BCUT2D eigenvalue weighted by Crippen LogP contribution is -2.49. The number of sulfonamides is 1. The Balaban J connectivity index is 1.04. The van der Waals surface area contributed by atoms with Gasteiger partial charge in [0.25, 0.3) is 5.91 Å². The van der Waals surface area contributed by atoms with Crippen LogP contribution in [0.1, 0.15) is 86.3 Å². The molecule has 0 spiro atoms. The van der Waals surface area contributed by atoms with Crippen LogP contribution in [-0.4, -0.2) is 131 Å². The van der Waals surface area contributed by atoms with E-state index in [-0.39, 0.29) is 56.4 Å². The maximum atomic E-state index is 13.8. The van der Waals surface area contributed by atoms with Gasteiger partial charge in [-0.15, -0.1) is 0 Å². The first-order valence-corrected chi connectivity index (χ1v) is 25.6. The predicted molar refractivity (Wildman–Crippen MR) is 271 cm³/mol. The summed E-state index contributed by atoms with van der Waals surface area (Å²) in [5.41, 5.74) is 1.79. The van der Waals surface area contributed by atoms with Gasteiger partial charge in [0.1, 0.15) is 30.0 Å². The summed E-state index contributed by atoms with van der Waals surface area (Å²) in [6, 6.07) is 14.6. The number of fused-ring (bicyclic) bond motifs is 1. The van der Waals surface area contributed by atoms with Crippen molar-refractivity contribution in [3.05, 3.63) is 89.1 Å². The number of hydrogen-bond acceptors (Lipinski definition) is 16. The van der Waals surface area contributed by atoms with Gasteiger partial charge in [-0.2, -0.15) is 9.82 Å². The Morgan fingerprint density at radius 2 is 1.62 bits per heavy atom. The lowest BCUT2D eigenvalue weighted by Gasteiger charge is -2.21. The Kier molecular flexibility index (Phi) is 21.4. The molecule has 1 aromatic heterocycles. The van der Waals surface area contributed by atoms with Crippen LogP contribution in [0.15, 0.2) is 76.7 Å². The van der Waals surface area contributed by atoms with Crippen molar-refractivity contribution >= 4 is 62.6 Å². The highest BCUT2D eigenvalue weighted by atomic mass is 32.2. The third-order valence-corrected chi connectivity index (χ3v) is 12.8. The highest BCUT2D eigenvalue weighted by molar-refractivity contribution is 7.89. The molecule has 0 fully saturated rings. The smallest absolute Gasteiger partial charge is 0.408 e. The van der Waals surface area contributed by atoms with Crippen LogP contribution in [0.4, 0.5) is 4.79 Å². The number of ether oxygens (including phenoxy) is 4. The van der Waals surface area contributed by atoms with E-state index in [1.807, 2.05) is 10.7 Å². The van der Waals surface area contributed by atoms with Crippen molar-refractivity contribution in [1.29, 1.82) is 0 Å². The van der Waals surface area contributed by atoms with Crippen molar-refractivity contribution in [2.45, 2.75) is 109 Å². The number of carbonyl (C=O) groups is 6. The number of hydrogen-bond donors (Lipinski definition) is 7. The summed E-state index contributed by atoms with van der Waals surface area (Å²) in [5, 5.41) is 22.2. The van der Waals surface area contributed by atoms with Crippen LogP contribution < -0.4 is 41.4 Å². The Morgan fingerprint density at radius 1 is 0.877 bits per heavy atom. The van der Waals surface area contributed by atoms with Crippen molar-refractivity contribution in [2.24, 2.45) is 4.99 Å². The second kappa shape index (κ2) is 27.5. The summed E-state index contributed by atoms with van der Waals surface area (Å²) >= 11 is 0. The molecule has 73 heavy (non-hydrogen) atoms. The molecule has 0 radical (unpaired) electrons. The fraction of sp³-hybridized carbons (Fsp3) is 0.480. The number of carbonyl (C=O) groups excluding carboxylic acids is 6. The zero-order chi connectivity index (χ0) is 53.0. The molecular weight excluding hydrogens is 965 g/mol. The number of methoxy groups -OCH3 is 1. The fourth-order valence-electron chi connectivity index (χ4n) is 7.62. The predicted octanol–water partition coefficient (Wildman–Crippen LogP) is 3.04. The van der Waals surface area contributed by atoms with Gasteiger partial charge in [-0.3, -0.25) is 33.6 Å². The van der Waals surface area contributed by atoms with Gasteiger partial charge in [-0.25, -0.2) is 13.2 Å². The Morgan fingerprint density at radius 3 is 2.32 bits per heavy atom. The SMILES string of the molecule is COC(=O)C(CNC(=O)c1ccc2c(cnn2CCCNC2=NCCCN2)c1)NS(=O)(=O)c1c(C)cc(OCCCC(=O)NCCNC(=O)C(CCC(=O)OC(C)(C)C)NC(=O)OCc2ccccc2)cc1C. The largest absolute Gasteiger partial charge is 0.494 e. The Labute approximate surface area is 425 Å². The monoisotopic (exact) mass is 1030 g/mol. The third kappa shape index (κ3) is 18.7. The summed E-state index contributed by atoms with van der Waals surface area (Å²) in [6.07, 6.45) is 2.82. The number of aliphatic imine (C=N–C) groups is 1. The Bertz CT molecular complexity index is 2670. The van der Waals surface area contributed by atoms with E-state index in [2.05, 4.69) is 46.7 Å². The molecule has 2 unspecified atom stereocenters. The van der Waals surface area contributed by atoms with E-state index in [4.69, 9.17) is 18.9 Å². The molecule has 4 aromatic rings. The van der Waals surface area contributed by atoms with Gasteiger partial charge in [0.05, 0.1) is 30.3 Å². The van der Waals surface area contributed by atoms with E-state index in [1.54, 1.807) is 83.3 Å². The average Bonchev–Trinajstić information content (AvgIpc) is 3.76. The highest BCUT2D eigenvalue weighted by Crippen LogP contribution is 2.26. The molecule has 0 saturated heterocycles. The number of aryl methyl sites for hydroxylation is 3. The molecule has 22 nitrogen and oxygen atoms in total. The van der Waals surface area contributed by atoms with E-state index >= 15 is 0 Å². The van der Waals surface area contributed by atoms with Gasteiger partial charge in [0.15, 0.2) is 5.96 Å². The summed E-state index contributed by atoms with van der Waals surface area (Å²) in [4.78, 5) is 81.1. The van der Waals surface area contributed by atoms with Gasteiger partial charge < -0.3 is 50.8 Å². The summed E-state index contributed by atoms with van der Waals surface area (Å²) in [6.45, 7) is 11.2. The van der Waals surface area contributed by atoms with Crippen LogP contribution in [0.25, 0.3) is 10.9 Å². The molecule has 1 aliphatic heterocycles. The van der Waals surface area contributed by atoms with Crippen molar-refractivity contribution in [1.82, 2.24) is 46.4 Å². The van der Waals surface area contributed by atoms with Gasteiger partial charge in [0, 0.05) is 69.6 Å². The van der Waals surface area contributed by atoms with E-state index in [0.29, 0.717) is 42.0 Å². The fourth-order valence-corrected chi connectivity index (χ4v) is 9.26. The maximum absolute atomic E-state index is 13.8. The number of nitrogens with one attached hydrogen (secondary N) is 7. The lowest BCUT2D eigenvalue weighted by molar-refractivity contribution is -0.155. The van der Waals surface area contributed by atoms with Crippen molar-refractivity contribution in [3.63, 3.8) is 0 Å². The van der Waals surface area contributed by atoms with Crippen molar-refractivity contribution < 1.29 is 56.1 Å². The maximum Gasteiger partial charge on any atom is 0.408 e. The summed E-state index contributed by atoms with van der Waals surface area (Å²) < 4.78 is 53.1. The standard InChI is InChI=1S/C50H68N10O12S/c1-33-27-38(70-26-10-15-42(61)51-23-24-52-46(64)39(17-19-43(62)72-50(3,4)5)58-49(66)71-32-35-13-8-7-9-14-35)28-34(2)44(33)73(67,68)59-40(47(65)69-6)31-56-45(63)36-16-18-41-37(29-36)30-57-60(41)25-12-22-55-48-53-20-11-21-54-48/h7-9,13-14,16,18,27-30,39-40,59H,10-12,15,17,19-26,31-32H2,1-6H3,(H,51,61)(H,52,64)(H,56,63)(H,58,66)(H2,53,54,55). The number of nitrogens with zero attached hydrogens (tertiary/aromatic N) is 3. The van der Waals surface area contributed by atoms with Crippen molar-refractivity contribution in [2.75, 3.05) is 53.0 Å². The Hall–Kier alpha value is -7.27. The molecule has 2 atom stereocenters. The van der Waals surface area contributed by atoms with Crippen LogP contribution >= 0.6 is 0 Å². The summed E-state index contributed by atoms with van der Waals surface area (Å²) in [5.74, 6) is -1.71. The molecular formula is C50H68N10O12S. The first kappa shape index (κ1) is 56.6. The number of amides is 4. The molecule has 0 saturated carbocycles. The van der Waals surface area contributed by atoms with Crippen LogP contribution in [0, 0.1) is 13.8 Å². The van der Waals surface area contributed by atoms with Gasteiger partial charge in [0.2, 0.25) is 21.8 Å². The highest BCUT2D eigenvalue weighted by Gasteiger charge is 2.30. The quantitative estimate of drug-likeness (QED) is 0.0270. The molecule has 4 amide bonds. The lowest BCUT2D eigenvalue weighted by atomic mass is 10.1. The molecule has 1 aliphatic rings. The minimum atomic E-state index is -4.34. The first-order valence-electron chi connectivity index (χ1n) is 24.2. The van der Waals surface area contributed by atoms with Crippen molar-refractivity contribution in [3.8, 4) is 5.75 Å². The van der Waals surface area contributed by atoms with Gasteiger partial charge in [-0.05, 0) is 107 Å². The molecule has 2 heterocycles. The third-order valence-electron chi connectivity index (χ3n) is 11.0. The minimum Gasteiger partial charge on any atom is -0.494 e. The molecule has 0 aliphatic carbocycles. The van der Waals surface area contributed by atoms with Crippen LogP contribution in [0.2, 0.25) is 0 Å². The topological polar surface area (TPSA) is 288 Å². The molecule has 3 aromatic carbocycles. The molecule has 23 heteroatoms. The second-order valence-electron chi connectivity index (χ2n) is 18.2. The number of alkyl carbamates (subject to hydrolysis) is 1. The molecule has 5 rings (SSSR count). The van der Waals surface area contributed by atoms with E-state index in [9.17, 15) is 37.2 Å². The number of rotatable bonds is 26. The number of guanidine groups is 1. The second-order valence-corrected chi connectivity index (χ2v) is 19.9. The molecule has 0 bridgehead atoms. The van der Waals surface area contributed by atoms with E-state index < -0.39 is 64.1 Å². The zero-order valence-corrected chi connectivity index (χ0v) is 43.1. The number of benzene rings is 3. The van der Waals surface area contributed by atoms with Crippen LogP contribution in [0.5, 0.6) is 5.75 Å². The van der Waals surface area contributed by atoms with Crippen LogP contribution in [-0.2, 0) is 56.6 Å². The van der Waals surface area contributed by atoms with Gasteiger partial charge >= 0.3 is 18.0 Å². The zero-order valence-electron chi connectivity index (χ0n) is 42.3. The number of aromatic nitrogens is 2. The first-order chi connectivity index (χ1) is 34.8. The minimum absolute atomic E-state index is 0.0207. The van der Waals surface area contributed by atoms with Crippen LogP contribution in [0.3, 0.4) is 0 Å².